The Hall–Kier alpha value is -3.14. The van der Waals surface area contributed by atoms with Crippen LogP contribution in [0.15, 0.2) is 73.1 Å². The molecule has 1 N–H and O–H groups in total. The summed E-state index contributed by atoms with van der Waals surface area (Å²) in [5.41, 5.74) is 5.73. The third-order valence-electron chi connectivity index (χ3n) is 4.68. The number of nitrogens with one attached hydrogen (secondary N) is 1. The monoisotopic (exact) mass is 329 g/mol. The van der Waals surface area contributed by atoms with E-state index in [0.717, 1.165) is 5.56 Å². The van der Waals surface area contributed by atoms with Crippen molar-refractivity contribution in [2.24, 2.45) is 0 Å². The number of amides is 2. The molecule has 0 spiro atoms. The van der Waals surface area contributed by atoms with Crippen molar-refractivity contribution >= 4 is 6.03 Å². The highest BCUT2D eigenvalue weighted by Crippen LogP contribution is 2.45. The van der Waals surface area contributed by atoms with Crippen molar-refractivity contribution < 1.29 is 4.79 Å². The molecule has 0 atom stereocenters. The highest BCUT2D eigenvalue weighted by atomic mass is 16.2. The van der Waals surface area contributed by atoms with Crippen LogP contribution in [-0.4, -0.2) is 23.0 Å². The van der Waals surface area contributed by atoms with Gasteiger partial charge in [0.2, 0.25) is 0 Å². The Balaban J connectivity index is 1.59. The molecule has 0 unspecified atom stereocenters. The smallest absolute Gasteiger partial charge is 0.318 e. The number of fused-ring (bicyclic) bond motifs is 3. The van der Waals surface area contributed by atoms with Gasteiger partial charge in [-0.25, -0.2) is 4.79 Å². The summed E-state index contributed by atoms with van der Waals surface area (Å²) >= 11 is 0. The number of pyridine rings is 1. The highest BCUT2D eigenvalue weighted by molar-refractivity contribution is 5.82. The van der Waals surface area contributed by atoms with Gasteiger partial charge < -0.3 is 10.2 Å². The van der Waals surface area contributed by atoms with Crippen LogP contribution < -0.4 is 5.32 Å². The molecule has 0 saturated heterocycles. The molecule has 2 amide bonds. The van der Waals surface area contributed by atoms with Gasteiger partial charge in [0.1, 0.15) is 0 Å². The first-order valence-electron chi connectivity index (χ1n) is 8.33. The minimum absolute atomic E-state index is 0.0682. The van der Waals surface area contributed by atoms with Crippen LogP contribution >= 0.6 is 0 Å². The SMILES string of the molecule is CN(C(=O)NCc1cccnc1)C1c2ccccc2-c2ccccc21. The second-order valence-electron chi connectivity index (χ2n) is 6.21. The fourth-order valence-electron chi connectivity index (χ4n) is 3.47. The topological polar surface area (TPSA) is 45.2 Å². The van der Waals surface area contributed by atoms with Crippen LogP contribution in [0, 0.1) is 0 Å². The minimum atomic E-state index is -0.0969. The fourth-order valence-corrected chi connectivity index (χ4v) is 3.47. The number of hydrogen-bond acceptors (Lipinski definition) is 2. The van der Waals surface area contributed by atoms with Gasteiger partial charge in [0.15, 0.2) is 0 Å². The lowest BCUT2D eigenvalue weighted by molar-refractivity contribution is 0.198. The van der Waals surface area contributed by atoms with Gasteiger partial charge in [-0.1, -0.05) is 54.6 Å². The van der Waals surface area contributed by atoms with E-state index in [4.69, 9.17) is 0 Å². The Morgan fingerprint density at radius 2 is 1.64 bits per heavy atom. The summed E-state index contributed by atoms with van der Waals surface area (Å²) < 4.78 is 0. The van der Waals surface area contributed by atoms with Crippen LogP contribution in [0.3, 0.4) is 0 Å². The zero-order chi connectivity index (χ0) is 17.2. The third-order valence-corrected chi connectivity index (χ3v) is 4.68. The molecule has 0 fully saturated rings. The van der Waals surface area contributed by atoms with Crippen LogP contribution in [0.1, 0.15) is 22.7 Å². The van der Waals surface area contributed by atoms with E-state index >= 15 is 0 Å². The van der Waals surface area contributed by atoms with Crippen LogP contribution in [0.2, 0.25) is 0 Å². The van der Waals surface area contributed by atoms with Crippen LogP contribution in [0.5, 0.6) is 0 Å². The van der Waals surface area contributed by atoms with Crippen LogP contribution in [-0.2, 0) is 6.54 Å². The van der Waals surface area contributed by atoms with Crippen LogP contribution in [0.4, 0.5) is 4.79 Å². The molecule has 2 aromatic carbocycles. The van der Waals surface area contributed by atoms with Crippen molar-refractivity contribution in [1.82, 2.24) is 15.2 Å². The lowest BCUT2D eigenvalue weighted by Gasteiger charge is -2.26. The lowest BCUT2D eigenvalue weighted by atomic mass is 10.0. The van der Waals surface area contributed by atoms with E-state index in [-0.39, 0.29) is 12.1 Å². The van der Waals surface area contributed by atoms with Crippen molar-refractivity contribution in [2.75, 3.05) is 7.05 Å². The van der Waals surface area contributed by atoms with Crippen LogP contribution in [0.25, 0.3) is 11.1 Å². The van der Waals surface area contributed by atoms with E-state index in [0.29, 0.717) is 6.54 Å². The quantitative estimate of drug-likeness (QED) is 0.789. The largest absolute Gasteiger partial charge is 0.334 e. The Morgan fingerprint density at radius 3 is 2.24 bits per heavy atom. The van der Waals surface area contributed by atoms with Gasteiger partial charge in [0, 0.05) is 26.0 Å². The molecule has 4 nitrogen and oxygen atoms in total. The molecule has 1 heterocycles. The Bertz CT molecular complexity index is 862. The van der Waals surface area contributed by atoms with Gasteiger partial charge >= 0.3 is 6.03 Å². The molecule has 1 aromatic heterocycles. The molecule has 0 bridgehead atoms. The van der Waals surface area contributed by atoms with Crippen molar-refractivity contribution in [3.05, 3.63) is 89.7 Å². The predicted molar refractivity (Wildman–Crippen MR) is 98.0 cm³/mol. The number of aromatic nitrogens is 1. The first kappa shape index (κ1) is 15.4. The normalized spacial score (nSPS) is 12.4. The molecule has 25 heavy (non-hydrogen) atoms. The fraction of sp³-hybridized carbons (Fsp3) is 0.143. The van der Waals surface area contributed by atoms with E-state index < -0.39 is 0 Å². The maximum Gasteiger partial charge on any atom is 0.318 e. The van der Waals surface area contributed by atoms with E-state index in [9.17, 15) is 4.79 Å². The predicted octanol–water partition coefficient (Wildman–Crippen LogP) is 3.99. The number of hydrogen-bond donors (Lipinski definition) is 1. The van der Waals surface area contributed by atoms with E-state index in [1.807, 2.05) is 43.4 Å². The second-order valence-corrected chi connectivity index (χ2v) is 6.21. The summed E-state index contributed by atoms with van der Waals surface area (Å²) in [6.07, 6.45) is 3.49. The van der Waals surface area contributed by atoms with Gasteiger partial charge in [-0.2, -0.15) is 0 Å². The molecule has 0 aliphatic heterocycles. The van der Waals surface area contributed by atoms with Gasteiger partial charge in [-0.15, -0.1) is 0 Å². The van der Waals surface area contributed by atoms with Crippen molar-refractivity contribution in [1.29, 1.82) is 0 Å². The average molecular weight is 329 g/mol. The summed E-state index contributed by atoms with van der Waals surface area (Å²) in [6, 6.07) is 20.2. The zero-order valence-corrected chi connectivity index (χ0v) is 14.0. The number of carbonyl (C=O) groups excluding carboxylic acids is 1. The van der Waals surface area contributed by atoms with Gasteiger partial charge in [0.05, 0.1) is 6.04 Å². The molecule has 0 saturated carbocycles. The lowest BCUT2D eigenvalue weighted by Crippen LogP contribution is -2.39. The Morgan fingerprint density at radius 1 is 1.00 bits per heavy atom. The third kappa shape index (κ3) is 2.76. The number of nitrogens with zero attached hydrogens (tertiary/aromatic N) is 2. The molecule has 0 radical (unpaired) electrons. The van der Waals surface area contributed by atoms with Gasteiger partial charge in [-0.3, -0.25) is 4.98 Å². The average Bonchev–Trinajstić information content (AvgIpc) is 3.01. The summed E-state index contributed by atoms with van der Waals surface area (Å²) in [5, 5.41) is 2.98. The van der Waals surface area contributed by atoms with Gasteiger partial charge in [0.25, 0.3) is 0 Å². The second kappa shape index (κ2) is 6.40. The number of urea groups is 1. The molecular weight excluding hydrogens is 310 g/mol. The standard InChI is InChI=1S/C21H19N3O/c1-24(21(25)23-14-15-7-6-12-22-13-15)20-18-10-4-2-8-16(18)17-9-3-5-11-19(17)20/h2-13,20H,14H2,1H3,(H,23,25). The molecule has 4 heteroatoms. The molecule has 1 aliphatic carbocycles. The summed E-state index contributed by atoms with van der Waals surface area (Å²) in [7, 11) is 1.85. The Kier molecular flexibility index (Phi) is 3.94. The zero-order valence-electron chi connectivity index (χ0n) is 14.0. The molecule has 1 aliphatic rings. The summed E-state index contributed by atoms with van der Waals surface area (Å²) in [6.45, 7) is 0.465. The number of carbonyl (C=O) groups is 1. The molecule has 124 valence electrons. The van der Waals surface area contributed by atoms with E-state index in [1.54, 1.807) is 17.3 Å². The Labute approximate surface area is 147 Å². The maximum atomic E-state index is 12.7. The summed E-state index contributed by atoms with van der Waals surface area (Å²) in [5.74, 6) is 0. The van der Waals surface area contributed by atoms with Crippen molar-refractivity contribution in [3.8, 4) is 11.1 Å². The molecule has 3 aromatic rings. The first-order chi connectivity index (χ1) is 12.3. The van der Waals surface area contributed by atoms with E-state index in [2.05, 4.69) is 34.6 Å². The summed E-state index contributed by atoms with van der Waals surface area (Å²) in [4.78, 5) is 18.6. The molecule has 4 rings (SSSR count). The maximum absolute atomic E-state index is 12.7. The number of rotatable bonds is 3. The van der Waals surface area contributed by atoms with Crippen molar-refractivity contribution in [2.45, 2.75) is 12.6 Å². The first-order valence-corrected chi connectivity index (χ1v) is 8.33. The molecular formula is C21H19N3O. The van der Waals surface area contributed by atoms with Gasteiger partial charge in [-0.05, 0) is 33.9 Å². The van der Waals surface area contributed by atoms with Crippen molar-refractivity contribution in [3.63, 3.8) is 0 Å². The number of benzene rings is 2. The minimum Gasteiger partial charge on any atom is -0.334 e. The van der Waals surface area contributed by atoms with E-state index in [1.165, 1.54) is 22.3 Å². The highest BCUT2D eigenvalue weighted by Gasteiger charge is 2.32.